The third-order valence-corrected chi connectivity index (χ3v) is 2.15. The molecule has 0 radical (unpaired) electrons. The monoisotopic (exact) mass is 164 g/mol. The van der Waals surface area contributed by atoms with Crippen molar-refractivity contribution in [2.75, 3.05) is 0 Å². The number of Topliss-reactive ketones (excluding diaryl/α,β-unsaturated/α-hetero) is 1. The maximum absolute atomic E-state index is 11.4. The van der Waals surface area contributed by atoms with Crippen LogP contribution in [-0.2, 0) is 9.59 Å². The first kappa shape index (κ1) is 8.91. The SMILES string of the molecule is CCC1=C(C)C(=O)C(C)=CC1=O. The van der Waals surface area contributed by atoms with Crippen molar-refractivity contribution >= 4 is 11.6 Å². The molecule has 0 atom stereocenters. The second-order valence-electron chi connectivity index (χ2n) is 2.98. The van der Waals surface area contributed by atoms with Gasteiger partial charge in [0.05, 0.1) is 0 Å². The van der Waals surface area contributed by atoms with Gasteiger partial charge in [0.2, 0.25) is 0 Å². The van der Waals surface area contributed by atoms with Crippen LogP contribution in [0.1, 0.15) is 27.2 Å². The molecule has 0 amide bonds. The molecule has 2 heteroatoms. The molecule has 0 bridgehead atoms. The summed E-state index contributed by atoms with van der Waals surface area (Å²) in [7, 11) is 0. The van der Waals surface area contributed by atoms with E-state index in [2.05, 4.69) is 0 Å². The second kappa shape index (κ2) is 3.05. The highest BCUT2D eigenvalue weighted by Crippen LogP contribution is 2.20. The summed E-state index contributed by atoms with van der Waals surface area (Å²) >= 11 is 0. The van der Waals surface area contributed by atoms with Gasteiger partial charge in [-0.3, -0.25) is 9.59 Å². The minimum Gasteiger partial charge on any atom is -0.290 e. The van der Waals surface area contributed by atoms with E-state index in [1.165, 1.54) is 6.08 Å². The highest BCUT2D eigenvalue weighted by molar-refractivity contribution is 6.22. The normalized spacial score (nSPS) is 18.4. The van der Waals surface area contributed by atoms with Gasteiger partial charge >= 0.3 is 0 Å². The number of carbonyl (C=O) groups is 2. The average molecular weight is 164 g/mol. The number of ketones is 2. The van der Waals surface area contributed by atoms with E-state index in [9.17, 15) is 9.59 Å². The molecule has 0 fully saturated rings. The van der Waals surface area contributed by atoms with E-state index in [-0.39, 0.29) is 11.6 Å². The minimum absolute atomic E-state index is 0.00597. The molecule has 0 aliphatic heterocycles. The lowest BCUT2D eigenvalue weighted by Gasteiger charge is -2.12. The Bertz CT molecular complexity index is 306. The molecular weight excluding hydrogens is 152 g/mol. The van der Waals surface area contributed by atoms with Crippen LogP contribution >= 0.6 is 0 Å². The fraction of sp³-hybridized carbons (Fsp3) is 0.400. The molecule has 1 rings (SSSR count). The largest absolute Gasteiger partial charge is 0.290 e. The van der Waals surface area contributed by atoms with Crippen LogP contribution in [0.4, 0.5) is 0 Å². The summed E-state index contributed by atoms with van der Waals surface area (Å²) < 4.78 is 0. The molecule has 64 valence electrons. The lowest BCUT2D eigenvalue weighted by molar-refractivity contribution is -0.115. The van der Waals surface area contributed by atoms with E-state index in [0.29, 0.717) is 23.1 Å². The van der Waals surface area contributed by atoms with Gasteiger partial charge in [0, 0.05) is 16.7 Å². The zero-order valence-corrected chi connectivity index (χ0v) is 7.60. The van der Waals surface area contributed by atoms with E-state index >= 15 is 0 Å². The van der Waals surface area contributed by atoms with Gasteiger partial charge in [-0.2, -0.15) is 0 Å². The molecule has 0 saturated carbocycles. The summed E-state index contributed by atoms with van der Waals surface area (Å²) in [4.78, 5) is 22.7. The molecule has 0 aromatic carbocycles. The van der Waals surface area contributed by atoms with Crippen LogP contribution in [0.15, 0.2) is 22.8 Å². The van der Waals surface area contributed by atoms with Gasteiger partial charge < -0.3 is 0 Å². The Hall–Kier alpha value is -1.18. The second-order valence-corrected chi connectivity index (χ2v) is 2.98. The summed E-state index contributed by atoms with van der Waals surface area (Å²) in [6.45, 7) is 5.28. The molecule has 12 heavy (non-hydrogen) atoms. The average Bonchev–Trinajstić information content (AvgIpc) is 2.01. The van der Waals surface area contributed by atoms with Crippen LogP contribution in [0.3, 0.4) is 0 Å². The van der Waals surface area contributed by atoms with Crippen molar-refractivity contribution in [1.29, 1.82) is 0 Å². The molecule has 0 unspecified atom stereocenters. The molecule has 1 aliphatic carbocycles. The first-order valence-electron chi connectivity index (χ1n) is 4.05. The van der Waals surface area contributed by atoms with Gasteiger partial charge in [0.15, 0.2) is 11.6 Å². The third-order valence-electron chi connectivity index (χ3n) is 2.15. The van der Waals surface area contributed by atoms with Crippen LogP contribution in [-0.4, -0.2) is 11.6 Å². The maximum Gasteiger partial charge on any atom is 0.184 e. The zero-order chi connectivity index (χ0) is 9.30. The van der Waals surface area contributed by atoms with Crippen molar-refractivity contribution in [2.24, 2.45) is 0 Å². The van der Waals surface area contributed by atoms with E-state index in [4.69, 9.17) is 0 Å². The number of hydrogen-bond acceptors (Lipinski definition) is 2. The molecular formula is C10H12O2. The maximum atomic E-state index is 11.4. The molecule has 0 heterocycles. The molecule has 1 aliphatic rings. The number of hydrogen-bond donors (Lipinski definition) is 0. The Morgan fingerprint density at radius 3 is 2.33 bits per heavy atom. The molecule has 0 spiro atoms. The van der Waals surface area contributed by atoms with Crippen molar-refractivity contribution in [2.45, 2.75) is 27.2 Å². The van der Waals surface area contributed by atoms with Gasteiger partial charge in [-0.15, -0.1) is 0 Å². The molecule has 0 N–H and O–H groups in total. The van der Waals surface area contributed by atoms with Crippen molar-refractivity contribution in [3.8, 4) is 0 Å². The lowest BCUT2D eigenvalue weighted by atomic mass is 9.90. The minimum atomic E-state index is -0.00731. The Morgan fingerprint density at radius 2 is 1.83 bits per heavy atom. The molecule has 0 saturated heterocycles. The van der Waals surface area contributed by atoms with Crippen LogP contribution in [0.5, 0.6) is 0 Å². The predicted molar refractivity (Wildman–Crippen MR) is 46.8 cm³/mol. The van der Waals surface area contributed by atoms with Crippen molar-refractivity contribution in [1.82, 2.24) is 0 Å². The Labute approximate surface area is 72.0 Å². The van der Waals surface area contributed by atoms with Crippen LogP contribution in [0.2, 0.25) is 0 Å². The van der Waals surface area contributed by atoms with E-state index < -0.39 is 0 Å². The van der Waals surface area contributed by atoms with Crippen LogP contribution < -0.4 is 0 Å². The lowest BCUT2D eigenvalue weighted by Crippen LogP contribution is -2.15. The highest BCUT2D eigenvalue weighted by atomic mass is 16.1. The highest BCUT2D eigenvalue weighted by Gasteiger charge is 2.21. The van der Waals surface area contributed by atoms with Crippen molar-refractivity contribution in [3.63, 3.8) is 0 Å². The smallest absolute Gasteiger partial charge is 0.184 e. The van der Waals surface area contributed by atoms with E-state index in [1.54, 1.807) is 13.8 Å². The summed E-state index contributed by atoms with van der Waals surface area (Å²) in [6.07, 6.45) is 2.06. The number of rotatable bonds is 1. The number of allylic oxidation sites excluding steroid dienone is 4. The molecule has 0 aromatic heterocycles. The van der Waals surface area contributed by atoms with Gasteiger partial charge in [-0.25, -0.2) is 0 Å². The summed E-state index contributed by atoms with van der Waals surface area (Å²) in [5.41, 5.74) is 1.82. The Balaban J connectivity index is 3.17. The fourth-order valence-corrected chi connectivity index (χ4v) is 1.41. The Morgan fingerprint density at radius 1 is 1.25 bits per heavy atom. The zero-order valence-electron chi connectivity index (χ0n) is 7.60. The summed E-state index contributed by atoms with van der Waals surface area (Å²) in [5, 5.41) is 0. The van der Waals surface area contributed by atoms with Gasteiger partial charge in [0.1, 0.15) is 0 Å². The number of carbonyl (C=O) groups excluding carboxylic acids is 2. The summed E-state index contributed by atoms with van der Waals surface area (Å²) in [5.74, 6) is -0.00134. The van der Waals surface area contributed by atoms with Crippen LogP contribution in [0, 0.1) is 0 Å². The van der Waals surface area contributed by atoms with Crippen molar-refractivity contribution < 1.29 is 9.59 Å². The topological polar surface area (TPSA) is 34.1 Å². The predicted octanol–water partition coefficient (Wildman–Crippen LogP) is 1.81. The van der Waals surface area contributed by atoms with Crippen molar-refractivity contribution in [3.05, 3.63) is 22.8 Å². The molecule has 2 nitrogen and oxygen atoms in total. The van der Waals surface area contributed by atoms with E-state index in [1.807, 2.05) is 6.92 Å². The fourth-order valence-electron chi connectivity index (χ4n) is 1.41. The van der Waals surface area contributed by atoms with Gasteiger partial charge in [0.25, 0.3) is 0 Å². The van der Waals surface area contributed by atoms with Gasteiger partial charge in [-0.1, -0.05) is 6.92 Å². The van der Waals surface area contributed by atoms with E-state index in [0.717, 1.165) is 0 Å². The van der Waals surface area contributed by atoms with Gasteiger partial charge in [-0.05, 0) is 26.3 Å². The first-order chi connectivity index (χ1) is 5.57. The standard InChI is InChI=1S/C10H12O2/c1-4-8-7(3)10(12)6(2)5-9(8)11/h5H,4H2,1-3H3. The first-order valence-corrected chi connectivity index (χ1v) is 4.05. The summed E-state index contributed by atoms with van der Waals surface area (Å²) in [6, 6.07) is 0. The molecule has 0 aromatic rings. The quantitative estimate of drug-likeness (QED) is 0.554. The third kappa shape index (κ3) is 1.24. The van der Waals surface area contributed by atoms with Crippen LogP contribution in [0.25, 0.3) is 0 Å². The Kier molecular flexibility index (Phi) is 2.27.